The van der Waals surface area contributed by atoms with Gasteiger partial charge in [-0.2, -0.15) is 26.3 Å². The number of aryl methyl sites for hydroxylation is 1. The number of piperidine rings is 1. The second-order valence-corrected chi connectivity index (χ2v) is 9.80. The summed E-state index contributed by atoms with van der Waals surface area (Å²) in [6.45, 7) is 5.54. The second kappa shape index (κ2) is 12.0. The number of halogens is 6. The van der Waals surface area contributed by atoms with E-state index < -0.39 is 24.5 Å². The molecule has 4 rings (SSSR count). The SMILES string of the molecule is CCN1CCCc2cccc(CN3CCCC34CCN(C(=O)OC(C(F)(F)F)C(F)(F)F)CC4)c21.O=CO. The number of carbonyl (C=O) groups is 2. The van der Waals surface area contributed by atoms with Crippen LogP contribution in [0.25, 0.3) is 0 Å². The fourth-order valence-electron chi connectivity index (χ4n) is 5.88. The lowest BCUT2D eigenvalue weighted by molar-refractivity contribution is -0.308. The summed E-state index contributed by atoms with van der Waals surface area (Å²) in [5.41, 5.74) is 3.64. The standard InChI is InChI=1S/C24H31F6N3O2.CH2O2/c1-2-31-12-4-8-17-6-3-7-18(19(17)31)16-33-13-5-9-22(33)10-14-32(15-11-22)21(34)35-20(23(25,26)27)24(28,29)30;2-1-3/h3,6-7,20H,2,4-5,8-16H2,1H3;1H,(H,2,3). The first-order chi connectivity index (χ1) is 17.9. The highest BCUT2D eigenvalue weighted by Gasteiger charge is 2.60. The molecule has 0 bridgehead atoms. The van der Waals surface area contributed by atoms with Crippen molar-refractivity contribution in [3.8, 4) is 0 Å². The predicted octanol–water partition coefficient (Wildman–Crippen LogP) is 5.22. The monoisotopic (exact) mass is 553 g/mol. The minimum atomic E-state index is -5.71. The molecule has 1 aromatic carbocycles. The van der Waals surface area contributed by atoms with Crippen LogP contribution in [0.3, 0.4) is 0 Å². The second-order valence-electron chi connectivity index (χ2n) is 9.80. The number of hydrogen-bond acceptors (Lipinski definition) is 5. The number of fused-ring (bicyclic) bond motifs is 1. The third-order valence-corrected chi connectivity index (χ3v) is 7.64. The van der Waals surface area contributed by atoms with Crippen LogP contribution in [0, 0.1) is 0 Å². The van der Waals surface area contributed by atoms with Gasteiger partial charge in [0, 0.05) is 44.0 Å². The van der Waals surface area contributed by atoms with Crippen LogP contribution in [0.4, 0.5) is 36.8 Å². The topological polar surface area (TPSA) is 73.3 Å². The number of carbonyl (C=O) groups excluding carboxylic acids is 1. The fraction of sp³-hybridized carbons (Fsp3) is 0.680. The summed E-state index contributed by atoms with van der Waals surface area (Å²) in [6.07, 6.45) is -12.1. The van der Waals surface area contributed by atoms with E-state index in [4.69, 9.17) is 9.90 Å². The fourth-order valence-corrected chi connectivity index (χ4v) is 5.88. The minimum Gasteiger partial charge on any atom is -0.483 e. The molecule has 3 heterocycles. The number of hydrogen-bond donors (Lipinski definition) is 1. The van der Waals surface area contributed by atoms with E-state index in [-0.39, 0.29) is 25.1 Å². The quantitative estimate of drug-likeness (QED) is 0.407. The van der Waals surface area contributed by atoms with Gasteiger partial charge in [-0.1, -0.05) is 18.2 Å². The molecule has 1 N–H and O–H groups in total. The molecule has 3 aliphatic heterocycles. The molecule has 1 spiro atoms. The number of alkyl halides is 6. The summed E-state index contributed by atoms with van der Waals surface area (Å²) in [5.74, 6) is 0. The van der Waals surface area contributed by atoms with Gasteiger partial charge in [-0.05, 0) is 63.1 Å². The van der Waals surface area contributed by atoms with Gasteiger partial charge in [0.2, 0.25) is 0 Å². The van der Waals surface area contributed by atoms with E-state index in [1.165, 1.54) is 16.8 Å². The number of para-hydroxylation sites is 1. The molecule has 0 atom stereocenters. The Morgan fingerprint density at radius 3 is 2.26 bits per heavy atom. The van der Waals surface area contributed by atoms with Crippen molar-refractivity contribution >= 4 is 18.3 Å². The Balaban J connectivity index is 0.00000127. The minimum absolute atomic E-state index is 0.0613. The van der Waals surface area contributed by atoms with Gasteiger partial charge in [-0.15, -0.1) is 0 Å². The molecule has 2 fully saturated rings. The van der Waals surface area contributed by atoms with E-state index in [1.807, 2.05) is 0 Å². The van der Waals surface area contributed by atoms with Crippen molar-refractivity contribution in [1.82, 2.24) is 9.80 Å². The molecule has 0 aliphatic carbocycles. The first kappa shape index (κ1) is 29.9. The average Bonchev–Trinajstić information content (AvgIpc) is 3.22. The lowest BCUT2D eigenvalue weighted by Crippen LogP contribution is -2.54. The van der Waals surface area contributed by atoms with Crippen LogP contribution in [-0.2, 0) is 22.5 Å². The molecule has 0 radical (unpaired) electrons. The van der Waals surface area contributed by atoms with Crippen molar-refractivity contribution in [1.29, 1.82) is 0 Å². The first-order valence-electron chi connectivity index (χ1n) is 12.6. The van der Waals surface area contributed by atoms with Crippen molar-refractivity contribution in [3.63, 3.8) is 0 Å². The van der Waals surface area contributed by atoms with Gasteiger partial charge in [-0.25, -0.2) is 4.79 Å². The number of benzene rings is 1. The summed E-state index contributed by atoms with van der Waals surface area (Å²) in [5, 5.41) is 6.89. The van der Waals surface area contributed by atoms with Gasteiger partial charge in [-0.3, -0.25) is 9.69 Å². The van der Waals surface area contributed by atoms with E-state index in [1.54, 1.807) is 0 Å². The highest BCUT2D eigenvalue weighted by molar-refractivity contribution is 5.68. The summed E-state index contributed by atoms with van der Waals surface area (Å²) >= 11 is 0. The lowest BCUT2D eigenvalue weighted by atomic mass is 9.84. The van der Waals surface area contributed by atoms with E-state index in [0.717, 1.165) is 56.8 Å². The van der Waals surface area contributed by atoms with Crippen molar-refractivity contribution in [3.05, 3.63) is 29.3 Å². The van der Waals surface area contributed by atoms with Crippen molar-refractivity contribution < 1.29 is 45.8 Å². The summed E-state index contributed by atoms with van der Waals surface area (Å²) in [7, 11) is 0. The largest absolute Gasteiger partial charge is 0.483 e. The van der Waals surface area contributed by atoms with Crippen LogP contribution < -0.4 is 4.90 Å². The molecule has 1 aromatic rings. The highest BCUT2D eigenvalue weighted by atomic mass is 19.4. The molecule has 3 aliphatic rings. The van der Waals surface area contributed by atoms with Crippen LogP contribution >= 0.6 is 0 Å². The van der Waals surface area contributed by atoms with Gasteiger partial charge in [0.1, 0.15) is 0 Å². The number of likely N-dealkylation sites (tertiary alicyclic amines) is 2. The van der Waals surface area contributed by atoms with E-state index in [0.29, 0.717) is 12.8 Å². The molecular formula is C25H33F6N3O4. The molecular weight excluding hydrogens is 520 g/mol. The third kappa shape index (κ3) is 6.65. The van der Waals surface area contributed by atoms with Crippen LogP contribution in [-0.4, -0.2) is 84.2 Å². The van der Waals surface area contributed by atoms with E-state index >= 15 is 0 Å². The molecule has 1 amide bonds. The number of amides is 1. The highest BCUT2D eigenvalue weighted by Crippen LogP contribution is 2.42. The maximum absolute atomic E-state index is 12.8. The Morgan fingerprint density at radius 2 is 1.68 bits per heavy atom. The number of anilines is 1. The number of rotatable bonds is 4. The lowest BCUT2D eigenvalue weighted by Gasteiger charge is -2.45. The zero-order valence-electron chi connectivity index (χ0n) is 21.2. The smallest absolute Gasteiger partial charge is 0.434 e. The molecule has 0 unspecified atom stereocenters. The van der Waals surface area contributed by atoms with Gasteiger partial charge in [0.05, 0.1) is 0 Å². The Morgan fingerprint density at radius 1 is 1.05 bits per heavy atom. The zero-order valence-corrected chi connectivity index (χ0v) is 21.2. The zero-order chi connectivity index (χ0) is 28.1. The summed E-state index contributed by atoms with van der Waals surface area (Å²) in [6, 6.07) is 6.38. The maximum Gasteiger partial charge on any atom is 0.434 e. The molecule has 0 saturated carbocycles. The summed E-state index contributed by atoms with van der Waals surface area (Å²) < 4.78 is 80.6. The Kier molecular flexibility index (Phi) is 9.43. The Labute approximate surface area is 217 Å². The van der Waals surface area contributed by atoms with Crippen molar-refractivity contribution in [2.24, 2.45) is 0 Å². The van der Waals surface area contributed by atoms with Gasteiger partial charge in [0.15, 0.2) is 0 Å². The van der Waals surface area contributed by atoms with Crippen LogP contribution in [0.1, 0.15) is 50.2 Å². The van der Waals surface area contributed by atoms with E-state index in [9.17, 15) is 31.1 Å². The van der Waals surface area contributed by atoms with Crippen LogP contribution in [0.15, 0.2) is 18.2 Å². The van der Waals surface area contributed by atoms with Gasteiger partial charge < -0.3 is 19.6 Å². The van der Waals surface area contributed by atoms with Crippen molar-refractivity contribution in [2.75, 3.05) is 37.6 Å². The maximum atomic E-state index is 12.8. The van der Waals surface area contributed by atoms with Crippen molar-refractivity contribution in [2.45, 2.75) is 76.0 Å². The van der Waals surface area contributed by atoms with Gasteiger partial charge >= 0.3 is 18.4 Å². The summed E-state index contributed by atoms with van der Waals surface area (Å²) in [4.78, 5) is 26.3. The number of nitrogens with zero attached hydrogens (tertiary/aromatic N) is 3. The molecule has 0 aromatic heterocycles. The predicted molar refractivity (Wildman–Crippen MR) is 127 cm³/mol. The molecule has 214 valence electrons. The van der Waals surface area contributed by atoms with Gasteiger partial charge in [0.25, 0.3) is 12.6 Å². The number of carboxylic acid groups (broad SMARTS) is 1. The Bertz CT molecular complexity index is 949. The number of ether oxygens (including phenoxy) is 1. The van der Waals surface area contributed by atoms with Crippen LogP contribution in [0.2, 0.25) is 0 Å². The first-order valence-corrected chi connectivity index (χ1v) is 12.6. The molecule has 13 heteroatoms. The molecule has 2 saturated heterocycles. The van der Waals surface area contributed by atoms with Crippen LogP contribution in [0.5, 0.6) is 0 Å². The third-order valence-electron chi connectivity index (χ3n) is 7.64. The Hall–Kier alpha value is -2.70. The van der Waals surface area contributed by atoms with E-state index in [2.05, 4.69) is 39.7 Å². The normalized spacial score (nSPS) is 19.7. The molecule has 7 nitrogen and oxygen atoms in total. The molecule has 38 heavy (non-hydrogen) atoms. The average molecular weight is 554 g/mol.